The highest BCUT2D eigenvalue weighted by Crippen LogP contribution is 2.17. The van der Waals surface area contributed by atoms with E-state index in [9.17, 15) is 8.78 Å². The highest BCUT2D eigenvalue weighted by molar-refractivity contribution is 5.80. The standard InChI is InChI=1S/C7H5F2NO2/c8-6-1-4(11)2-7(9)5(6)3-10-12/h1-3,11-12H/b10-3+. The molecule has 0 fully saturated rings. The monoisotopic (exact) mass is 173 g/mol. The summed E-state index contributed by atoms with van der Waals surface area (Å²) in [5.74, 6) is -2.48. The van der Waals surface area contributed by atoms with Crippen molar-refractivity contribution in [1.29, 1.82) is 0 Å². The van der Waals surface area contributed by atoms with Crippen molar-refractivity contribution in [2.45, 2.75) is 0 Å². The van der Waals surface area contributed by atoms with Crippen molar-refractivity contribution >= 4 is 6.21 Å². The van der Waals surface area contributed by atoms with E-state index in [0.29, 0.717) is 6.21 Å². The van der Waals surface area contributed by atoms with Gasteiger partial charge in [-0.25, -0.2) is 8.78 Å². The maximum atomic E-state index is 12.7. The SMILES string of the molecule is O/N=C/c1c(F)cc(O)cc1F. The van der Waals surface area contributed by atoms with E-state index in [-0.39, 0.29) is 0 Å². The Morgan fingerprint density at radius 3 is 2.17 bits per heavy atom. The van der Waals surface area contributed by atoms with Crippen LogP contribution in [0, 0.1) is 11.6 Å². The molecule has 0 aliphatic carbocycles. The Hall–Kier alpha value is -1.65. The van der Waals surface area contributed by atoms with Crippen LogP contribution < -0.4 is 0 Å². The van der Waals surface area contributed by atoms with Gasteiger partial charge in [0.2, 0.25) is 0 Å². The normalized spacial score (nSPS) is 10.8. The molecule has 0 bridgehead atoms. The van der Waals surface area contributed by atoms with Gasteiger partial charge in [-0.3, -0.25) is 0 Å². The predicted molar refractivity (Wildman–Crippen MR) is 37.4 cm³/mol. The second kappa shape index (κ2) is 3.17. The van der Waals surface area contributed by atoms with Gasteiger partial charge in [0.25, 0.3) is 0 Å². The van der Waals surface area contributed by atoms with Gasteiger partial charge in [-0.15, -0.1) is 0 Å². The summed E-state index contributed by atoms with van der Waals surface area (Å²) in [5, 5.41) is 19.2. The molecule has 0 saturated carbocycles. The van der Waals surface area contributed by atoms with E-state index in [1.54, 1.807) is 0 Å². The second-order valence-corrected chi connectivity index (χ2v) is 2.07. The lowest BCUT2D eigenvalue weighted by Gasteiger charge is -1.98. The number of halogens is 2. The number of oxime groups is 1. The molecule has 1 rings (SSSR count). The van der Waals surface area contributed by atoms with Crippen LogP contribution in [-0.4, -0.2) is 16.5 Å². The smallest absolute Gasteiger partial charge is 0.138 e. The Kier molecular flexibility index (Phi) is 2.23. The number of benzene rings is 1. The molecule has 0 radical (unpaired) electrons. The third kappa shape index (κ3) is 1.50. The van der Waals surface area contributed by atoms with Crippen molar-refractivity contribution in [2.24, 2.45) is 5.16 Å². The van der Waals surface area contributed by atoms with E-state index >= 15 is 0 Å². The zero-order chi connectivity index (χ0) is 9.14. The average molecular weight is 173 g/mol. The first kappa shape index (κ1) is 8.45. The van der Waals surface area contributed by atoms with Crippen molar-refractivity contribution in [1.82, 2.24) is 0 Å². The van der Waals surface area contributed by atoms with Crippen molar-refractivity contribution in [2.75, 3.05) is 0 Å². The Bertz CT molecular complexity index is 302. The first-order valence-corrected chi connectivity index (χ1v) is 3.00. The molecule has 3 nitrogen and oxygen atoms in total. The number of rotatable bonds is 1. The van der Waals surface area contributed by atoms with Gasteiger partial charge in [0.05, 0.1) is 11.8 Å². The maximum absolute atomic E-state index is 12.7. The summed E-state index contributed by atoms with van der Waals surface area (Å²) >= 11 is 0. The van der Waals surface area contributed by atoms with Crippen molar-refractivity contribution in [3.63, 3.8) is 0 Å². The Labute approximate surface area is 66.6 Å². The summed E-state index contributed by atoms with van der Waals surface area (Å²) in [6, 6.07) is 1.44. The van der Waals surface area contributed by atoms with E-state index in [0.717, 1.165) is 12.1 Å². The fourth-order valence-corrected chi connectivity index (χ4v) is 0.752. The fraction of sp³-hybridized carbons (Fsp3) is 0. The van der Waals surface area contributed by atoms with Crippen LogP contribution >= 0.6 is 0 Å². The molecule has 0 heterocycles. The zero-order valence-electron chi connectivity index (χ0n) is 5.83. The van der Waals surface area contributed by atoms with Gasteiger partial charge >= 0.3 is 0 Å². The minimum Gasteiger partial charge on any atom is -0.508 e. The quantitative estimate of drug-likeness (QED) is 0.384. The summed E-state index contributed by atoms with van der Waals surface area (Å²) in [4.78, 5) is 0. The van der Waals surface area contributed by atoms with E-state index in [2.05, 4.69) is 5.16 Å². The lowest BCUT2D eigenvalue weighted by atomic mass is 10.2. The molecule has 0 aliphatic rings. The van der Waals surface area contributed by atoms with Gasteiger partial charge in [-0.05, 0) is 0 Å². The minimum absolute atomic E-state index is 0.490. The molecule has 12 heavy (non-hydrogen) atoms. The molecule has 0 aromatic heterocycles. The molecule has 1 aromatic carbocycles. The molecule has 0 spiro atoms. The molecule has 0 unspecified atom stereocenters. The first-order chi connectivity index (χ1) is 5.65. The number of nitrogens with zero attached hydrogens (tertiary/aromatic N) is 1. The van der Waals surface area contributed by atoms with Crippen LogP contribution in [0.4, 0.5) is 8.78 Å². The predicted octanol–water partition coefficient (Wildman–Crippen LogP) is 1.48. The van der Waals surface area contributed by atoms with Gasteiger partial charge in [0, 0.05) is 12.1 Å². The minimum atomic E-state index is -0.981. The van der Waals surface area contributed by atoms with Crippen LogP contribution in [0.2, 0.25) is 0 Å². The molecule has 0 atom stereocenters. The van der Waals surface area contributed by atoms with Crippen LogP contribution in [0.1, 0.15) is 5.56 Å². The molecule has 2 N–H and O–H groups in total. The molecular weight excluding hydrogens is 168 g/mol. The number of hydrogen-bond acceptors (Lipinski definition) is 3. The highest BCUT2D eigenvalue weighted by Gasteiger charge is 2.08. The molecule has 0 aliphatic heterocycles. The largest absolute Gasteiger partial charge is 0.508 e. The molecule has 0 saturated heterocycles. The third-order valence-electron chi connectivity index (χ3n) is 1.25. The lowest BCUT2D eigenvalue weighted by molar-refractivity contribution is 0.321. The van der Waals surface area contributed by atoms with Crippen LogP contribution in [-0.2, 0) is 0 Å². The highest BCUT2D eigenvalue weighted by atomic mass is 19.1. The molecule has 5 heteroatoms. The van der Waals surface area contributed by atoms with Crippen LogP contribution in [0.3, 0.4) is 0 Å². The Morgan fingerprint density at radius 1 is 1.25 bits per heavy atom. The Balaban J connectivity index is 3.28. The Morgan fingerprint density at radius 2 is 1.75 bits per heavy atom. The van der Waals surface area contributed by atoms with Gasteiger partial charge in [0.15, 0.2) is 0 Å². The number of phenolic OH excluding ortho intramolecular Hbond substituents is 1. The summed E-state index contributed by atoms with van der Waals surface area (Å²) < 4.78 is 25.4. The lowest BCUT2D eigenvalue weighted by Crippen LogP contribution is -1.93. The molecule has 64 valence electrons. The first-order valence-electron chi connectivity index (χ1n) is 3.00. The number of hydrogen-bond donors (Lipinski definition) is 2. The summed E-state index contributed by atoms with van der Waals surface area (Å²) in [7, 11) is 0. The van der Waals surface area contributed by atoms with E-state index in [1.807, 2.05) is 0 Å². The topological polar surface area (TPSA) is 52.8 Å². The van der Waals surface area contributed by atoms with E-state index in [4.69, 9.17) is 10.3 Å². The van der Waals surface area contributed by atoms with Crippen LogP contribution in [0.15, 0.2) is 17.3 Å². The molecular formula is C7H5F2NO2. The molecule has 1 aromatic rings. The number of phenols is 1. The second-order valence-electron chi connectivity index (χ2n) is 2.07. The average Bonchev–Trinajstić information content (AvgIpc) is 1.96. The summed E-state index contributed by atoms with van der Waals surface area (Å²) in [6.45, 7) is 0. The fourth-order valence-electron chi connectivity index (χ4n) is 0.752. The van der Waals surface area contributed by atoms with Crippen molar-refractivity contribution in [3.8, 4) is 5.75 Å². The van der Waals surface area contributed by atoms with E-state index in [1.165, 1.54) is 0 Å². The maximum Gasteiger partial charge on any atom is 0.138 e. The van der Waals surface area contributed by atoms with E-state index < -0.39 is 22.9 Å². The summed E-state index contributed by atoms with van der Waals surface area (Å²) in [6.07, 6.45) is 0.615. The van der Waals surface area contributed by atoms with Crippen molar-refractivity contribution < 1.29 is 19.1 Å². The zero-order valence-corrected chi connectivity index (χ0v) is 5.83. The van der Waals surface area contributed by atoms with Gasteiger partial charge in [0.1, 0.15) is 17.4 Å². The third-order valence-corrected chi connectivity index (χ3v) is 1.25. The van der Waals surface area contributed by atoms with Gasteiger partial charge in [-0.1, -0.05) is 5.16 Å². The molecule has 0 amide bonds. The summed E-state index contributed by atoms with van der Waals surface area (Å²) in [5.41, 5.74) is -0.490. The van der Waals surface area contributed by atoms with Crippen LogP contribution in [0.5, 0.6) is 5.75 Å². The number of aromatic hydroxyl groups is 1. The van der Waals surface area contributed by atoms with Crippen LogP contribution in [0.25, 0.3) is 0 Å². The van der Waals surface area contributed by atoms with Gasteiger partial charge in [-0.2, -0.15) is 0 Å². The van der Waals surface area contributed by atoms with Crippen molar-refractivity contribution in [3.05, 3.63) is 29.3 Å². The van der Waals surface area contributed by atoms with Gasteiger partial charge < -0.3 is 10.3 Å².